The molecular formula is C32H48F2N4O2. The van der Waals surface area contributed by atoms with Crippen molar-refractivity contribution in [1.82, 2.24) is 20.6 Å². The molecule has 222 valence electrons. The maximum Gasteiger partial charge on any atom is 0.146 e. The summed E-state index contributed by atoms with van der Waals surface area (Å²) in [5.74, 6) is 0.540. The Balaban J connectivity index is 0.000000220. The van der Waals surface area contributed by atoms with Crippen LogP contribution in [0.2, 0.25) is 0 Å². The molecule has 2 heterocycles. The molecule has 1 saturated carbocycles. The lowest BCUT2D eigenvalue weighted by Gasteiger charge is -2.20. The van der Waals surface area contributed by atoms with E-state index >= 15 is 0 Å². The number of hydrogen-bond donors (Lipinski definition) is 4. The number of nitrogens with one attached hydrogen (secondary N) is 2. The number of hydrogen-bond acceptors (Lipinski definition) is 6. The predicted octanol–water partition coefficient (Wildman–Crippen LogP) is 5.88. The Morgan fingerprint density at radius 1 is 0.800 bits per heavy atom. The quantitative estimate of drug-likeness (QED) is 0.260. The molecule has 40 heavy (non-hydrogen) atoms. The summed E-state index contributed by atoms with van der Waals surface area (Å²) in [6, 6.07) is 6.53. The van der Waals surface area contributed by atoms with Crippen molar-refractivity contribution in [2.24, 2.45) is 11.8 Å². The molecule has 0 bridgehead atoms. The van der Waals surface area contributed by atoms with Gasteiger partial charge in [-0.25, -0.2) is 13.8 Å². The van der Waals surface area contributed by atoms with Gasteiger partial charge in [-0.2, -0.15) is 0 Å². The molecule has 2 aromatic heterocycles. The zero-order valence-corrected chi connectivity index (χ0v) is 24.6. The Morgan fingerprint density at radius 3 is 1.85 bits per heavy atom. The largest absolute Gasteiger partial charge is 0.395 e. The standard InChI is InChI=1S/C16H25FN2O.C16H23FN2O/c2*1-11(2)16(10-20)18-9-15-13(17)7-8-14(19-15)12-5-3-4-6-12/h7-8,11-12,16,18,20H,3-6,9-10H2,1-2H3;5,7-8,11,16,18,20H,3-4,6,9-10H2,1-2H3/t2*16-/m00/s1. The van der Waals surface area contributed by atoms with E-state index < -0.39 is 0 Å². The Hall–Kier alpha value is -2.26. The highest BCUT2D eigenvalue weighted by Crippen LogP contribution is 2.33. The summed E-state index contributed by atoms with van der Waals surface area (Å²) in [6.45, 7) is 8.94. The van der Waals surface area contributed by atoms with E-state index in [1.54, 1.807) is 6.07 Å². The molecule has 6 nitrogen and oxygen atoms in total. The van der Waals surface area contributed by atoms with Gasteiger partial charge in [0.05, 0.1) is 30.3 Å². The zero-order chi connectivity index (χ0) is 29.1. The van der Waals surface area contributed by atoms with Gasteiger partial charge in [0.1, 0.15) is 11.6 Å². The molecule has 2 atom stereocenters. The fourth-order valence-corrected chi connectivity index (χ4v) is 5.24. The van der Waals surface area contributed by atoms with Crippen LogP contribution in [0.1, 0.15) is 101 Å². The Morgan fingerprint density at radius 2 is 1.35 bits per heavy atom. The lowest BCUT2D eigenvalue weighted by atomic mass is 10.0. The van der Waals surface area contributed by atoms with E-state index in [4.69, 9.17) is 0 Å². The number of aliphatic hydroxyl groups is 2. The molecule has 8 heteroatoms. The van der Waals surface area contributed by atoms with E-state index in [1.165, 1.54) is 30.5 Å². The van der Waals surface area contributed by atoms with E-state index in [2.05, 4.69) is 26.7 Å². The second kappa shape index (κ2) is 16.2. The Labute approximate surface area is 238 Å². The topological polar surface area (TPSA) is 90.3 Å². The SMILES string of the molecule is CC(C)[C@H](CO)NCc1nc(C2=CCCC2)ccc1F.CC(C)[C@H](CO)NCc1nc(C2CCCC2)ccc1F. The first-order valence-corrected chi connectivity index (χ1v) is 14.9. The van der Waals surface area contributed by atoms with Crippen LogP contribution in [-0.2, 0) is 13.1 Å². The van der Waals surface area contributed by atoms with Gasteiger partial charge in [0.2, 0.25) is 0 Å². The molecule has 2 aliphatic rings. The summed E-state index contributed by atoms with van der Waals surface area (Å²) >= 11 is 0. The van der Waals surface area contributed by atoms with E-state index in [1.807, 2.05) is 33.8 Å². The predicted molar refractivity (Wildman–Crippen MR) is 157 cm³/mol. The molecule has 2 aliphatic carbocycles. The lowest BCUT2D eigenvalue weighted by molar-refractivity contribution is 0.209. The number of halogens is 2. The third kappa shape index (κ3) is 9.40. The van der Waals surface area contributed by atoms with E-state index in [0.29, 0.717) is 42.2 Å². The van der Waals surface area contributed by atoms with Crippen LogP contribution in [0, 0.1) is 23.5 Å². The summed E-state index contributed by atoms with van der Waals surface area (Å²) in [4.78, 5) is 8.93. The third-order valence-electron chi connectivity index (χ3n) is 8.07. The van der Waals surface area contributed by atoms with Gasteiger partial charge in [-0.05, 0) is 73.8 Å². The fraction of sp³-hybridized carbons (Fsp3) is 0.625. The number of rotatable bonds is 12. The van der Waals surface area contributed by atoms with Crippen LogP contribution >= 0.6 is 0 Å². The minimum absolute atomic E-state index is 0.0219. The summed E-state index contributed by atoms with van der Waals surface area (Å²) in [6.07, 6.45) is 10.3. The van der Waals surface area contributed by atoms with Crippen LogP contribution in [0.3, 0.4) is 0 Å². The summed E-state index contributed by atoms with van der Waals surface area (Å²) in [7, 11) is 0. The normalized spacial score (nSPS) is 17.2. The first-order chi connectivity index (χ1) is 19.2. The summed E-state index contributed by atoms with van der Waals surface area (Å²) < 4.78 is 27.7. The molecule has 4 rings (SSSR count). The molecule has 0 radical (unpaired) electrons. The molecule has 0 aliphatic heterocycles. The maximum atomic E-state index is 13.8. The maximum absolute atomic E-state index is 13.8. The average molecular weight is 559 g/mol. The van der Waals surface area contributed by atoms with Crippen LogP contribution in [0.25, 0.3) is 5.57 Å². The number of allylic oxidation sites excluding steroid dienone is 2. The van der Waals surface area contributed by atoms with E-state index in [9.17, 15) is 19.0 Å². The highest BCUT2D eigenvalue weighted by Gasteiger charge is 2.20. The smallest absolute Gasteiger partial charge is 0.146 e. The van der Waals surface area contributed by atoms with Gasteiger partial charge in [0, 0.05) is 36.8 Å². The van der Waals surface area contributed by atoms with Gasteiger partial charge in [0.15, 0.2) is 0 Å². The lowest BCUT2D eigenvalue weighted by Crippen LogP contribution is -2.37. The van der Waals surface area contributed by atoms with Gasteiger partial charge in [-0.15, -0.1) is 0 Å². The second-order valence-corrected chi connectivity index (χ2v) is 11.7. The van der Waals surface area contributed by atoms with Crippen LogP contribution < -0.4 is 10.6 Å². The molecule has 1 fully saturated rings. The van der Waals surface area contributed by atoms with Crippen molar-refractivity contribution in [3.63, 3.8) is 0 Å². The third-order valence-corrected chi connectivity index (χ3v) is 8.07. The van der Waals surface area contributed by atoms with Crippen molar-refractivity contribution >= 4 is 5.57 Å². The highest BCUT2D eigenvalue weighted by atomic mass is 19.1. The van der Waals surface area contributed by atoms with Gasteiger partial charge in [0.25, 0.3) is 0 Å². The minimum Gasteiger partial charge on any atom is -0.395 e. The van der Waals surface area contributed by atoms with Crippen molar-refractivity contribution in [2.45, 2.75) is 104 Å². The van der Waals surface area contributed by atoms with Crippen LogP contribution in [0.15, 0.2) is 30.3 Å². The molecule has 2 aromatic rings. The summed E-state index contributed by atoms with van der Waals surface area (Å²) in [5.41, 5.74) is 4.01. The highest BCUT2D eigenvalue weighted by molar-refractivity contribution is 5.64. The molecular weight excluding hydrogens is 510 g/mol. The first-order valence-electron chi connectivity index (χ1n) is 14.9. The molecule has 0 spiro atoms. The number of pyridine rings is 2. The van der Waals surface area contributed by atoms with Gasteiger partial charge >= 0.3 is 0 Å². The number of aliphatic hydroxyl groups excluding tert-OH is 2. The second-order valence-electron chi connectivity index (χ2n) is 11.7. The van der Waals surface area contributed by atoms with Gasteiger partial charge in [-0.3, -0.25) is 4.98 Å². The molecule has 0 amide bonds. The molecule has 4 N–H and O–H groups in total. The van der Waals surface area contributed by atoms with Crippen molar-refractivity contribution in [2.75, 3.05) is 13.2 Å². The fourth-order valence-electron chi connectivity index (χ4n) is 5.24. The summed E-state index contributed by atoms with van der Waals surface area (Å²) in [5, 5.41) is 24.9. The zero-order valence-electron chi connectivity index (χ0n) is 24.6. The van der Waals surface area contributed by atoms with Crippen molar-refractivity contribution in [3.8, 4) is 0 Å². The van der Waals surface area contributed by atoms with E-state index in [0.717, 1.165) is 43.5 Å². The van der Waals surface area contributed by atoms with Crippen LogP contribution in [-0.4, -0.2) is 45.5 Å². The molecule has 0 saturated heterocycles. The monoisotopic (exact) mass is 558 g/mol. The average Bonchev–Trinajstić information content (AvgIpc) is 3.67. The van der Waals surface area contributed by atoms with Crippen LogP contribution in [0.5, 0.6) is 0 Å². The van der Waals surface area contributed by atoms with Crippen molar-refractivity contribution in [1.29, 1.82) is 0 Å². The van der Waals surface area contributed by atoms with Crippen molar-refractivity contribution in [3.05, 3.63) is 64.8 Å². The Kier molecular flexibility index (Phi) is 13.1. The van der Waals surface area contributed by atoms with E-state index in [-0.39, 0.29) is 36.9 Å². The Bertz CT molecular complexity index is 1090. The van der Waals surface area contributed by atoms with Crippen molar-refractivity contribution < 1.29 is 19.0 Å². The number of aromatic nitrogens is 2. The van der Waals surface area contributed by atoms with Gasteiger partial charge < -0.3 is 20.8 Å². The van der Waals surface area contributed by atoms with Crippen LogP contribution in [0.4, 0.5) is 8.78 Å². The first kappa shape index (κ1) is 32.3. The van der Waals surface area contributed by atoms with Gasteiger partial charge in [-0.1, -0.05) is 46.6 Å². The molecule has 0 unspecified atom stereocenters. The number of nitrogens with zero attached hydrogens (tertiary/aromatic N) is 2. The minimum atomic E-state index is -0.291. The molecule has 0 aromatic carbocycles.